The summed E-state index contributed by atoms with van der Waals surface area (Å²) >= 11 is 8.47. The van der Waals surface area contributed by atoms with E-state index in [2.05, 4.69) is 31.8 Å². The number of hydrazone groups is 1. The summed E-state index contributed by atoms with van der Waals surface area (Å²) < 4.78 is 6.83. The van der Waals surface area contributed by atoms with E-state index in [1.807, 2.05) is 61.7 Å². The van der Waals surface area contributed by atoms with Crippen molar-refractivity contribution in [1.29, 1.82) is 0 Å². The van der Waals surface area contributed by atoms with E-state index in [9.17, 15) is 0 Å². The van der Waals surface area contributed by atoms with Crippen LogP contribution in [0.15, 0.2) is 53.0 Å². The van der Waals surface area contributed by atoms with Crippen molar-refractivity contribution >= 4 is 39.5 Å². The van der Waals surface area contributed by atoms with Crippen LogP contribution in [-0.4, -0.2) is 17.9 Å². The van der Waals surface area contributed by atoms with Gasteiger partial charge in [0.05, 0.1) is 0 Å². The van der Waals surface area contributed by atoms with Gasteiger partial charge in [0.1, 0.15) is 12.4 Å². The molecule has 0 amide bonds. The summed E-state index contributed by atoms with van der Waals surface area (Å²) in [6, 6.07) is 15.9. The molecule has 0 aliphatic heterocycles. The van der Waals surface area contributed by atoms with Gasteiger partial charge in [-0.05, 0) is 61.1 Å². The fourth-order valence-electron chi connectivity index (χ4n) is 1.80. The monoisotopic (exact) mass is 392 g/mol. The van der Waals surface area contributed by atoms with Crippen molar-refractivity contribution in [2.24, 2.45) is 0 Å². The van der Waals surface area contributed by atoms with E-state index in [0.717, 1.165) is 27.9 Å². The molecule has 0 saturated heterocycles. The number of halogens is 1. The molecule has 2 rings (SSSR count). The standard InChI is InChI=1S/C17H18BrN3OS/c1-2-19-17(23)21-20-11-13-5-9-16(10-6-13)22-12-14-3-7-15(18)8-4-14/h3-11H,2,12H2,1H3,(H2,19,21,23)/p+1. The van der Waals surface area contributed by atoms with E-state index >= 15 is 0 Å². The first-order chi connectivity index (χ1) is 11.2. The summed E-state index contributed by atoms with van der Waals surface area (Å²) in [5.74, 6) is 0.834. The number of benzene rings is 2. The maximum absolute atomic E-state index is 5.77. The first-order valence-corrected chi connectivity index (χ1v) is 8.47. The topological polar surface area (TPSA) is 47.3 Å². The highest BCUT2D eigenvalue weighted by atomic mass is 79.9. The van der Waals surface area contributed by atoms with E-state index in [-0.39, 0.29) is 0 Å². The zero-order valence-corrected chi connectivity index (χ0v) is 15.2. The van der Waals surface area contributed by atoms with E-state index in [1.165, 1.54) is 0 Å². The van der Waals surface area contributed by atoms with E-state index in [4.69, 9.17) is 17.0 Å². The van der Waals surface area contributed by atoms with Gasteiger partial charge >= 0.3 is 0 Å². The molecule has 2 aromatic rings. The molecule has 0 heterocycles. The van der Waals surface area contributed by atoms with Gasteiger partial charge in [-0.3, -0.25) is 0 Å². The maximum Gasteiger partial charge on any atom is 0.223 e. The highest BCUT2D eigenvalue weighted by Crippen LogP contribution is 2.15. The number of rotatable bonds is 6. The van der Waals surface area contributed by atoms with Gasteiger partial charge in [-0.2, -0.15) is 0 Å². The second kappa shape index (κ2) is 9.27. The Kier molecular flexibility index (Phi) is 7.03. The van der Waals surface area contributed by atoms with Gasteiger partial charge in [0.15, 0.2) is 6.21 Å². The van der Waals surface area contributed by atoms with Crippen LogP contribution in [0.5, 0.6) is 5.75 Å². The lowest BCUT2D eigenvalue weighted by atomic mass is 10.2. The Bertz CT molecular complexity index is 657. The highest BCUT2D eigenvalue weighted by molar-refractivity contribution is 9.10. The van der Waals surface area contributed by atoms with Gasteiger partial charge in [-0.25, -0.2) is 0 Å². The van der Waals surface area contributed by atoms with Crippen LogP contribution in [-0.2, 0) is 6.61 Å². The molecule has 6 heteroatoms. The summed E-state index contributed by atoms with van der Waals surface area (Å²) in [6.07, 6.45) is 1.84. The van der Waals surface area contributed by atoms with Crippen molar-refractivity contribution in [3.63, 3.8) is 0 Å². The average molecular weight is 393 g/mol. The van der Waals surface area contributed by atoms with Crippen molar-refractivity contribution < 1.29 is 9.84 Å². The minimum atomic E-state index is 0.549. The zero-order valence-electron chi connectivity index (χ0n) is 12.8. The number of nitrogens with one attached hydrogen (secondary N) is 3. The molecule has 0 atom stereocenters. The molecular formula is C17H19BrN3OS+. The molecule has 0 bridgehead atoms. The Morgan fingerprint density at radius 2 is 1.87 bits per heavy atom. The van der Waals surface area contributed by atoms with E-state index < -0.39 is 0 Å². The fraction of sp³-hybridized carbons (Fsp3) is 0.176. The van der Waals surface area contributed by atoms with Crippen LogP contribution in [0, 0.1) is 0 Å². The Hall–Kier alpha value is -1.92. The molecule has 0 aromatic heterocycles. The molecule has 23 heavy (non-hydrogen) atoms. The lowest BCUT2D eigenvalue weighted by Crippen LogP contribution is -2.82. The van der Waals surface area contributed by atoms with E-state index in [0.29, 0.717) is 11.7 Å². The van der Waals surface area contributed by atoms with Gasteiger partial charge < -0.3 is 10.1 Å². The summed E-state index contributed by atoms with van der Waals surface area (Å²) in [4.78, 5) is 0. The predicted octanol–water partition coefficient (Wildman–Crippen LogP) is 1.93. The minimum Gasteiger partial charge on any atom is -0.489 e. The molecular weight excluding hydrogens is 374 g/mol. The van der Waals surface area contributed by atoms with Crippen molar-refractivity contribution in [2.45, 2.75) is 13.5 Å². The van der Waals surface area contributed by atoms with Crippen molar-refractivity contribution in [1.82, 2.24) is 10.7 Å². The second-order valence-corrected chi connectivity index (χ2v) is 6.08. The Morgan fingerprint density at radius 3 is 2.52 bits per heavy atom. The molecule has 3 N–H and O–H groups in total. The number of ether oxygens (including phenoxy) is 1. The number of hydrazine groups is 1. The van der Waals surface area contributed by atoms with Gasteiger partial charge in [-0.15, -0.1) is 10.5 Å². The van der Waals surface area contributed by atoms with E-state index in [1.54, 1.807) is 0 Å². The third-order valence-corrected chi connectivity index (χ3v) is 3.74. The molecule has 0 fully saturated rings. The van der Waals surface area contributed by atoms with Crippen LogP contribution in [0.25, 0.3) is 0 Å². The van der Waals surface area contributed by atoms with Gasteiger partial charge in [0.2, 0.25) is 5.11 Å². The average Bonchev–Trinajstić information content (AvgIpc) is 2.56. The molecule has 0 saturated carbocycles. The van der Waals surface area contributed by atoms with Crippen molar-refractivity contribution in [2.75, 3.05) is 6.54 Å². The first-order valence-electron chi connectivity index (χ1n) is 7.27. The van der Waals surface area contributed by atoms with Crippen LogP contribution < -0.4 is 20.6 Å². The Balaban J connectivity index is 1.83. The predicted molar refractivity (Wildman–Crippen MR) is 100 cm³/mol. The number of thiocarbonyl (C=S) groups is 1. The van der Waals surface area contributed by atoms with Crippen LogP contribution in [0.1, 0.15) is 18.1 Å². The van der Waals surface area contributed by atoms with Gasteiger partial charge in [0.25, 0.3) is 0 Å². The van der Waals surface area contributed by atoms with Crippen LogP contribution in [0.2, 0.25) is 0 Å². The SMILES string of the molecule is CCNC(=S)N[NH+]=Cc1ccc(OCc2ccc(Br)cc2)cc1. The summed E-state index contributed by atoms with van der Waals surface area (Å²) in [5, 5.41) is 6.50. The third kappa shape index (κ3) is 6.38. The van der Waals surface area contributed by atoms with Crippen LogP contribution in [0.4, 0.5) is 0 Å². The summed E-state index contributed by atoms with van der Waals surface area (Å²) in [7, 11) is 0. The molecule has 0 aliphatic rings. The summed E-state index contributed by atoms with van der Waals surface area (Å²) in [6.45, 7) is 3.33. The lowest BCUT2D eigenvalue weighted by molar-refractivity contribution is -0.500. The van der Waals surface area contributed by atoms with Crippen molar-refractivity contribution in [3.05, 3.63) is 64.1 Å². The lowest BCUT2D eigenvalue weighted by Gasteiger charge is -2.06. The van der Waals surface area contributed by atoms with Crippen LogP contribution >= 0.6 is 28.1 Å². The molecule has 0 radical (unpaired) electrons. The molecule has 0 unspecified atom stereocenters. The molecule has 0 spiro atoms. The molecule has 120 valence electrons. The maximum atomic E-state index is 5.77. The van der Waals surface area contributed by atoms with Gasteiger partial charge in [0, 0.05) is 16.6 Å². The molecule has 0 aliphatic carbocycles. The fourth-order valence-corrected chi connectivity index (χ4v) is 2.26. The first kappa shape index (κ1) is 17.4. The van der Waals surface area contributed by atoms with Crippen molar-refractivity contribution in [3.8, 4) is 5.75 Å². The normalized spacial score (nSPS) is 10.5. The minimum absolute atomic E-state index is 0.549. The third-order valence-electron chi connectivity index (χ3n) is 2.96. The zero-order chi connectivity index (χ0) is 16.5. The highest BCUT2D eigenvalue weighted by Gasteiger charge is 1.98. The second-order valence-electron chi connectivity index (χ2n) is 4.76. The molecule has 4 nitrogen and oxygen atoms in total. The number of hydrogen-bond acceptors (Lipinski definition) is 2. The smallest absolute Gasteiger partial charge is 0.223 e. The number of hydrogen-bond donors (Lipinski definition) is 3. The largest absolute Gasteiger partial charge is 0.489 e. The van der Waals surface area contributed by atoms with Gasteiger partial charge in [-0.1, -0.05) is 28.1 Å². The molecule has 2 aromatic carbocycles. The Morgan fingerprint density at radius 1 is 1.17 bits per heavy atom. The van der Waals surface area contributed by atoms with Crippen LogP contribution in [0.3, 0.4) is 0 Å². The quantitative estimate of drug-likeness (QED) is 0.399. The summed E-state index contributed by atoms with van der Waals surface area (Å²) in [5.41, 5.74) is 5.03. The Labute approximate surface area is 150 Å².